The maximum absolute atomic E-state index is 10.6. The molecule has 0 heterocycles. The predicted molar refractivity (Wildman–Crippen MR) is 67.5 cm³/mol. The minimum Gasteiger partial charge on any atom is -0.463 e. The molecule has 0 aromatic carbocycles. The van der Waals surface area contributed by atoms with Crippen LogP contribution in [0.2, 0.25) is 0 Å². The van der Waals surface area contributed by atoms with E-state index in [1.54, 1.807) is 34.6 Å². The Morgan fingerprint density at radius 1 is 1.06 bits per heavy atom. The van der Waals surface area contributed by atoms with Crippen molar-refractivity contribution >= 4 is 11.9 Å². The van der Waals surface area contributed by atoms with E-state index in [2.05, 4.69) is 17.9 Å². The minimum atomic E-state index is -0.315. The molecule has 4 nitrogen and oxygen atoms in total. The van der Waals surface area contributed by atoms with Crippen LogP contribution in [0.3, 0.4) is 0 Å². The van der Waals surface area contributed by atoms with Crippen molar-refractivity contribution in [1.82, 2.24) is 0 Å². The first kappa shape index (κ1) is 17.8. The van der Waals surface area contributed by atoms with Crippen molar-refractivity contribution in [2.45, 2.75) is 40.7 Å². The van der Waals surface area contributed by atoms with Crippen LogP contribution in [0, 0.1) is 0 Å². The van der Waals surface area contributed by atoms with Crippen molar-refractivity contribution in [2.75, 3.05) is 6.61 Å². The fraction of sp³-hybridized carbons (Fsp3) is 0.538. The smallest absolute Gasteiger partial charge is 0.333 e. The lowest BCUT2D eigenvalue weighted by Crippen LogP contribution is -2.11. The molecule has 0 spiro atoms. The number of rotatable bonds is 4. The van der Waals surface area contributed by atoms with E-state index < -0.39 is 0 Å². The molecule has 0 aromatic heterocycles. The molecule has 17 heavy (non-hydrogen) atoms. The molecule has 0 rings (SSSR count). The Labute approximate surface area is 103 Å². The summed E-state index contributed by atoms with van der Waals surface area (Å²) in [5.74, 6) is -0.627. The third-order valence-electron chi connectivity index (χ3n) is 1.32. The lowest BCUT2D eigenvalue weighted by Gasteiger charge is -2.05. The van der Waals surface area contributed by atoms with Gasteiger partial charge in [-0.1, -0.05) is 13.2 Å². The normalized spacial score (nSPS) is 8.82. The van der Waals surface area contributed by atoms with E-state index >= 15 is 0 Å². The zero-order chi connectivity index (χ0) is 14.0. The van der Waals surface area contributed by atoms with E-state index in [4.69, 9.17) is 4.74 Å². The highest BCUT2D eigenvalue weighted by atomic mass is 16.5. The van der Waals surface area contributed by atoms with E-state index in [9.17, 15) is 9.59 Å². The van der Waals surface area contributed by atoms with Gasteiger partial charge in [0, 0.05) is 11.1 Å². The van der Waals surface area contributed by atoms with E-state index in [0.29, 0.717) is 17.8 Å². The van der Waals surface area contributed by atoms with Crippen LogP contribution in [0.5, 0.6) is 0 Å². The molecule has 0 aromatic rings. The Morgan fingerprint density at radius 2 is 1.47 bits per heavy atom. The Balaban J connectivity index is 0. The highest BCUT2D eigenvalue weighted by Crippen LogP contribution is 1.95. The maximum Gasteiger partial charge on any atom is 0.333 e. The largest absolute Gasteiger partial charge is 0.463 e. The molecular weight excluding hydrogens is 220 g/mol. The number of hydrogen-bond donors (Lipinski definition) is 0. The van der Waals surface area contributed by atoms with Crippen LogP contribution in [0.1, 0.15) is 34.6 Å². The summed E-state index contributed by atoms with van der Waals surface area (Å²) in [5.41, 5.74) is 0.899. The molecule has 0 atom stereocenters. The SMILES string of the molecule is C=C(C)C(=O)OC(C)C.C=C(C)C(=O)OCC. The Kier molecular flexibility index (Phi) is 10.1. The lowest BCUT2D eigenvalue weighted by molar-refractivity contribution is -0.142. The second-order valence-electron chi connectivity index (χ2n) is 3.74. The van der Waals surface area contributed by atoms with Crippen LogP contribution in [-0.4, -0.2) is 24.6 Å². The number of hydrogen-bond acceptors (Lipinski definition) is 4. The number of carbonyl (C=O) groups is 2. The summed E-state index contributed by atoms with van der Waals surface area (Å²) in [4.78, 5) is 21.1. The minimum absolute atomic E-state index is 0.0470. The molecule has 0 aliphatic rings. The van der Waals surface area contributed by atoms with Crippen molar-refractivity contribution in [3.05, 3.63) is 24.3 Å². The van der Waals surface area contributed by atoms with Crippen LogP contribution in [-0.2, 0) is 19.1 Å². The first-order valence-electron chi connectivity index (χ1n) is 5.41. The molecule has 0 amide bonds. The van der Waals surface area contributed by atoms with Crippen LogP contribution in [0.4, 0.5) is 0 Å². The monoisotopic (exact) mass is 242 g/mol. The Morgan fingerprint density at radius 3 is 1.59 bits per heavy atom. The topological polar surface area (TPSA) is 52.6 Å². The summed E-state index contributed by atoms with van der Waals surface area (Å²) in [5, 5.41) is 0. The predicted octanol–water partition coefficient (Wildman–Crippen LogP) is 2.64. The quantitative estimate of drug-likeness (QED) is 0.561. The summed E-state index contributed by atoms with van der Waals surface area (Å²) in [6, 6.07) is 0. The summed E-state index contributed by atoms with van der Waals surface area (Å²) in [6.45, 7) is 15.9. The van der Waals surface area contributed by atoms with Gasteiger partial charge in [0.2, 0.25) is 0 Å². The number of carbonyl (C=O) groups excluding carboxylic acids is 2. The maximum atomic E-state index is 10.6. The summed E-state index contributed by atoms with van der Waals surface area (Å²) in [7, 11) is 0. The molecule has 0 unspecified atom stereocenters. The van der Waals surface area contributed by atoms with E-state index in [0.717, 1.165) is 0 Å². The van der Waals surface area contributed by atoms with Gasteiger partial charge in [-0.2, -0.15) is 0 Å². The van der Waals surface area contributed by atoms with Gasteiger partial charge in [-0.25, -0.2) is 9.59 Å². The first-order valence-corrected chi connectivity index (χ1v) is 5.41. The molecule has 4 heteroatoms. The van der Waals surface area contributed by atoms with E-state index in [1.807, 2.05) is 0 Å². The third kappa shape index (κ3) is 12.4. The first-order chi connectivity index (χ1) is 7.72. The summed E-state index contributed by atoms with van der Waals surface area (Å²) >= 11 is 0. The molecule has 98 valence electrons. The van der Waals surface area contributed by atoms with Gasteiger partial charge in [-0.05, 0) is 34.6 Å². The van der Waals surface area contributed by atoms with Gasteiger partial charge in [0.05, 0.1) is 12.7 Å². The van der Waals surface area contributed by atoms with Crippen LogP contribution in [0.15, 0.2) is 24.3 Å². The van der Waals surface area contributed by atoms with Crippen LogP contribution >= 0.6 is 0 Å². The fourth-order valence-corrected chi connectivity index (χ4v) is 0.569. The molecule has 0 saturated carbocycles. The lowest BCUT2D eigenvalue weighted by atomic mass is 10.3. The zero-order valence-electron chi connectivity index (χ0n) is 11.3. The highest BCUT2D eigenvalue weighted by Gasteiger charge is 2.03. The van der Waals surface area contributed by atoms with Gasteiger partial charge in [0.25, 0.3) is 0 Å². The average molecular weight is 242 g/mol. The summed E-state index contributed by atoms with van der Waals surface area (Å²) in [6.07, 6.45) is -0.0470. The van der Waals surface area contributed by atoms with Gasteiger partial charge in [0.1, 0.15) is 0 Å². The molecule has 0 fully saturated rings. The molecule has 0 radical (unpaired) electrons. The second kappa shape index (κ2) is 9.63. The van der Waals surface area contributed by atoms with Crippen LogP contribution in [0.25, 0.3) is 0 Å². The standard InChI is InChI=1S/C7H12O2.C6H10O2/c1-5(2)7(8)9-6(3)4;1-4-8-6(7)5(2)3/h6H,1H2,2-4H3;2,4H2,1,3H3. The second-order valence-corrected chi connectivity index (χ2v) is 3.74. The van der Waals surface area contributed by atoms with Gasteiger partial charge in [0.15, 0.2) is 0 Å². The molecule has 0 aliphatic carbocycles. The molecule has 0 bridgehead atoms. The average Bonchev–Trinajstić information content (AvgIpc) is 2.17. The van der Waals surface area contributed by atoms with Gasteiger partial charge < -0.3 is 9.47 Å². The fourth-order valence-electron chi connectivity index (χ4n) is 0.569. The number of esters is 2. The Bertz CT molecular complexity index is 290. The van der Waals surface area contributed by atoms with E-state index in [1.165, 1.54) is 0 Å². The van der Waals surface area contributed by atoms with Crippen molar-refractivity contribution in [3.63, 3.8) is 0 Å². The molecular formula is C13H22O4. The van der Waals surface area contributed by atoms with Gasteiger partial charge in [-0.15, -0.1) is 0 Å². The molecule has 0 aliphatic heterocycles. The third-order valence-corrected chi connectivity index (χ3v) is 1.32. The molecule has 0 N–H and O–H groups in total. The zero-order valence-corrected chi connectivity index (χ0v) is 11.3. The molecule has 0 saturated heterocycles. The van der Waals surface area contributed by atoms with Crippen molar-refractivity contribution < 1.29 is 19.1 Å². The van der Waals surface area contributed by atoms with Gasteiger partial charge in [-0.3, -0.25) is 0 Å². The summed E-state index contributed by atoms with van der Waals surface area (Å²) < 4.78 is 9.34. The van der Waals surface area contributed by atoms with Crippen molar-refractivity contribution in [3.8, 4) is 0 Å². The van der Waals surface area contributed by atoms with E-state index in [-0.39, 0.29) is 18.0 Å². The number of ether oxygens (including phenoxy) is 2. The van der Waals surface area contributed by atoms with Crippen LogP contribution < -0.4 is 0 Å². The van der Waals surface area contributed by atoms with Gasteiger partial charge >= 0.3 is 11.9 Å². The highest BCUT2D eigenvalue weighted by molar-refractivity contribution is 5.87. The van der Waals surface area contributed by atoms with Crippen molar-refractivity contribution in [2.24, 2.45) is 0 Å². The Hall–Kier alpha value is -1.58. The van der Waals surface area contributed by atoms with Crippen molar-refractivity contribution in [1.29, 1.82) is 0 Å².